The second-order valence-corrected chi connectivity index (χ2v) is 11.4. The third-order valence-corrected chi connectivity index (χ3v) is 7.57. The second-order valence-electron chi connectivity index (χ2n) is 5.97. The number of nitrogens with zero attached hydrogens (tertiary/aromatic N) is 2. The van der Waals surface area contributed by atoms with E-state index in [-0.39, 0.29) is 10.5 Å². The van der Waals surface area contributed by atoms with Crippen LogP contribution in [0.5, 0.6) is 0 Å². The Balaban J connectivity index is 1.76. The van der Waals surface area contributed by atoms with Gasteiger partial charge in [0.05, 0.1) is 5.56 Å². The van der Waals surface area contributed by atoms with Gasteiger partial charge in [0.1, 0.15) is 17.6 Å². The van der Waals surface area contributed by atoms with Crippen LogP contribution >= 0.6 is 46.6 Å². The van der Waals surface area contributed by atoms with Crippen LogP contribution in [0.4, 0.5) is 0 Å². The van der Waals surface area contributed by atoms with Crippen LogP contribution in [0.15, 0.2) is 29.2 Å². The molecule has 1 aromatic rings. The fraction of sp³-hybridized carbons (Fsp3) is 0.467. The highest BCUT2D eigenvalue weighted by molar-refractivity contribution is 7.99. The summed E-state index contributed by atoms with van der Waals surface area (Å²) in [6, 6.07) is 5.81. The number of hydrogen-bond acceptors (Lipinski definition) is 6. The van der Waals surface area contributed by atoms with Crippen LogP contribution in [0.25, 0.3) is 0 Å². The number of fused-ring (bicyclic) bond motifs is 1. The number of nitrogens with one attached hydrogen (secondary N) is 1. The molecule has 0 aliphatic carbocycles. The summed E-state index contributed by atoms with van der Waals surface area (Å²) in [5.41, 5.74) is 0.0382. The summed E-state index contributed by atoms with van der Waals surface area (Å²) in [5, 5.41) is 2.56. The van der Waals surface area contributed by atoms with Gasteiger partial charge in [-0.05, 0) is 12.1 Å². The lowest BCUT2D eigenvalue weighted by molar-refractivity contribution is -0.123. The first-order valence-electron chi connectivity index (χ1n) is 7.96. The Hall–Kier alpha value is -0.710. The normalized spacial score (nSPS) is 21.0. The van der Waals surface area contributed by atoms with Crippen molar-refractivity contribution in [3.8, 4) is 0 Å². The van der Waals surface area contributed by atoms with Crippen molar-refractivity contribution in [3.63, 3.8) is 0 Å². The molecular formula is C15H16Cl3N3O4S2. The molecule has 1 N–H and O–H groups in total. The lowest BCUT2D eigenvalue weighted by Crippen LogP contribution is -2.59. The molecule has 12 heteroatoms. The smallest absolute Gasteiger partial charge is 0.269 e. The standard InChI is InChI=1S/C15H16Cl3N3O4S2/c16-15(17,18)14(20-5-7-26-8-6-20)19-12(22)9-21-13(23)10-3-1-2-4-11(10)27(21,24)25/h1-4,14H,5-9H2,(H,19,22). The van der Waals surface area contributed by atoms with Gasteiger partial charge in [0, 0.05) is 24.6 Å². The molecule has 0 aromatic heterocycles. The Morgan fingerprint density at radius 2 is 1.85 bits per heavy atom. The van der Waals surface area contributed by atoms with E-state index in [4.69, 9.17) is 34.8 Å². The molecular weight excluding hydrogens is 457 g/mol. The number of carbonyl (C=O) groups excluding carboxylic acids is 2. The Labute approximate surface area is 176 Å². The maximum Gasteiger partial charge on any atom is 0.269 e. The molecule has 2 heterocycles. The summed E-state index contributed by atoms with van der Waals surface area (Å²) in [4.78, 5) is 26.6. The molecule has 0 bridgehead atoms. The highest BCUT2D eigenvalue weighted by atomic mass is 35.6. The van der Waals surface area contributed by atoms with E-state index in [1.807, 2.05) is 4.90 Å². The molecule has 3 rings (SSSR count). The lowest BCUT2D eigenvalue weighted by atomic mass is 10.2. The molecule has 0 saturated carbocycles. The number of sulfonamides is 1. The molecule has 7 nitrogen and oxygen atoms in total. The molecule has 0 radical (unpaired) electrons. The van der Waals surface area contributed by atoms with Gasteiger partial charge in [-0.1, -0.05) is 46.9 Å². The van der Waals surface area contributed by atoms with E-state index in [0.717, 1.165) is 11.5 Å². The van der Waals surface area contributed by atoms with Gasteiger partial charge < -0.3 is 5.32 Å². The average Bonchev–Trinajstić information content (AvgIpc) is 2.81. The van der Waals surface area contributed by atoms with Crippen molar-refractivity contribution in [1.82, 2.24) is 14.5 Å². The second kappa shape index (κ2) is 7.96. The van der Waals surface area contributed by atoms with Crippen LogP contribution < -0.4 is 5.32 Å². The number of thioether (sulfide) groups is 1. The van der Waals surface area contributed by atoms with Crippen molar-refractivity contribution in [3.05, 3.63) is 29.8 Å². The van der Waals surface area contributed by atoms with Crippen LogP contribution in [-0.4, -0.2) is 70.5 Å². The first-order valence-corrected chi connectivity index (χ1v) is 11.7. The van der Waals surface area contributed by atoms with E-state index in [2.05, 4.69) is 5.32 Å². The number of carbonyl (C=O) groups is 2. The number of benzene rings is 1. The van der Waals surface area contributed by atoms with Crippen molar-refractivity contribution in [2.45, 2.75) is 14.9 Å². The predicted molar refractivity (Wildman–Crippen MR) is 106 cm³/mol. The Morgan fingerprint density at radius 1 is 1.22 bits per heavy atom. The minimum Gasteiger partial charge on any atom is -0.335 e. The highest BCUT2D eigenvalue weighted by Crippen LogP contribution is 2.34. The van der Waals surface area contributed by atoms with Crippen molar-refractivity contribution < 1.29 is 18.0 Å². The third-order valence-electron chi connectivity index (χ3n) is 4.22. The average molecular weight is 473 g/mol. The zero-order chi connectivity index (χ0) is 19.8. The SMILES string of the molecule is O=C(CN1C(=O)c2ccccc2S1(=O)=O)NC(N1CCSCC1)C(Cl)(Cl)Cl. The van der Waals surface area contributed by atoms with E-state index in [1.165, 1.54) is 18.2 Å². The molecule has 1 saturated heterocycles. The van der Waals surface area contributed by atoms with Crippen LogP contribution in [-0.2, 0) is 14.8 Å². The molecule has 1 aromatic carbocycles. The number of rotatable bonds is 4. The Morgan fingerprint density at radius 3 is 2.44 bits per heavy atom. The fourth-order valence-electron chi connectivity index (χ4n) is 2.93. The molecule has 27 heavy (non-hydrogen) atoms. The first kappa shape index (κ1) is 21.0. The lowest BCUT2D eigenvalue weighted by Gasteiger charge is -2.38. The van der Waals surface area contributed by atoms with Crippen LogP contribution in [0.3, 0.4) is 0 Å². The summed E-state index contributed by atoms with van der Waals surface area (Å²) >= 11 is 19.8. The number of halogens is 3. The minimum atomic E-state index is -4.08. The van der Waals surface area contributed by atoms with Crippen molar-refractivity contribution in [1.29, 1.82) is 0 Å². The van der Waals surface area contributed by atoms with Gasteiger partial charge in [0.25, 0.3) is 15.9 Å². The van der Waals surface area contributed by atoms with E-state index >= 15 is 0 Å². The van der Waals surface area contributed by atoms with Crippen LogP contribution in [0.2, 0.25) is 0 Å². The van der Waals surface area contributed by atoms with Gasteiger partial charge in [-0.3, -0.25) is 14.5 Å². The maximum atomic E-state index is 12.5. The highest BCUT2D eigenvalue weighted by Gasteiger charge is 2.43. The summed E-state index contributed by atoms with van der Waals surface area (Å²) in [7, 11) is -4.08. The van der Waals surface area contributed by atoms with Gasteiger partial charge in [-0.2, -0.15) is 11.8 Å². The Bertz CT molecular complexity index is 854. The van der Waals surface area contributed by atoms with Gasteiger partial charge >= 0.3 is 0 Å². The first-order chi connectivity index (χ1) is 12.6. The van der Waals surface area contributed by atoms with E-state index < -0.39 is 38.3 Å². The zero-order valence-electron chi connectivity index (χ0n) is 13.9. The zero-order valence-corrected chi connectivity index (χ0v) is 17.8. The minimum absolute atomic E-state index is 0.0382. The maximum absolute atomic E-state index is 12.5. The van der Waals surface area contributed by atoms with Gasteiger partial charge in [0.2, 0.25) is 9.70 Å². The number of alkyl halides is 3. The van der Waals surface area contributed by atoms with Crippen LogP contribution in [0, 0.1) is 0 Å². The molecule has 2 aliphatic rings. The third kappa shape index (κ3) is 4.33. The molecule has 1 fully saturated rings. The topological polar surface area (TPSA) is 86.8 Å². The summed E-state index contributed by atoms with van der Waals surface area (Å²) in [6.45, 7) is 0.529. The molecule has 2 aliphatic heterocycles. The van der Waals surface area contributed by atoms with Gasteiger partial charge in [-0.25, -0.2) is 12.7 Å². The van der Waals surface area contributed by atoms with Crippen LogP contribution in [0.1, 0.15) is 10.4 Å². The van der Waals surface area contributed by atoms with Crippen molar-refractivity contribution in [2.24, 2.45) is 0 Å². The molecule has 1 unspecified atom stereocenters. The van der Waals surface area contributed by atoms with Crippen molar-refractivity contribution >= 4 is 68.4 Å². The monoisotopic (exact) mass is 471 g/mol. The van der Waals surface area contributed by atoms with Gasteiger partial charge in [0.15, 0.2) is 0 Å². The summed E-state index contributed by atoms with van der Waals surface area (Å²) < 4.78 is 23.8. The molecule has 148 valence electrons. The summed E-state index contributed by atoms with van der Waals surface area (Å²) in [5.74, 6) is 0.165. The fourth-order valence-corrected chi connectivity index (χ4v) is 5.97. The number of amides is 2. The molecule has 1 atom stereocenters. The quantitative estimate of drug-likeness (QED) is 0.671. The van der Waals surface area contributed by atoms with E-state index in [1.54, 1.807) is 17.8 Å². The van der Waals surface area contributed by atoms with E-state index in [0.29, 0.717) is 17.4 Å². The molecule has 2 amide bonds. The predicted octanol–water partition coefficient (Wildman–Crippen LogP) is 1.69. The molecule has 0 spiro atoms. The summed E-state index contributed by atoms with van der Waals surface area (Å²) in [6.07, 6.45) is -0.932. The van der Waals surface area contributed by atoms with Gasteiger partial charge in [-0.15, -0.1) is 0 Å². The number of hydrogen-bond donors (Lipinski definition) is 1. The Kier molecular flexibility index (Phi) is 6.20. The van der Waals surface area contributed by atoms with E-state index in [9.17, 15) is 18.0 Å². The van der Waals surface area contributed by atoms with Crippen molar-refractivity contribution in [2.75, 3.05) is 31.1 Å². The largest absolute Gasteiger partial charge is 0.335 e.